The smallest absolute Gasteiger partial charge is 0.125 e. The van der Waals surface area contributed by atoms with Crippen molar-refractivity contribution >= 4 is 0 Å². The number of benzene rings is 2. The fourth-order valence-electron chi connectivity index (χ4n) is 1.89. The highest BCUT2D eigenvalue weighted by Crippen LogP contribution is 2.29. The molecule has 100 valence electrons. The molecule has 1 unspecified atom stereocenters. The fraction of sp³-hybridized carbons (Fsp3) is 0.250. The van der Waals surface area contributed by atoms with Gasteiger partial charge >= 0.3 is 0 Å². The number of hydrogen-bond donors (Lipinski definition) is 1. The summed E-state index contributed by atoms with van der Waals surface area (Å²) >= 11 is 0. The van der Waals surface area contributed by atoms with Crippen LogP contribution in [0.2, 0.25) is 0 Å². The maximum Gasteiger partial charge on any atom is 0.125 e. The van der Waals surface area contributed by atoms with Crippen molar-refractivity contribution in [2.24, 2.45) is 0 Å². The third kappa shape index (κ3) is 3.56. The maximum atomic E-state index is 10.4. The van der Waals surface area contributed by atoms with Gasteiger partial charge < -0.3 is 14.6 Å². The molecule has 0 bridgehead atoms. The average molecular weight is 258 g/mol. The standard InChI is InChI=1S/C16H18O3/c1-18-11-12-19-15-10-6-5-9-14(15)16(17)13-7-3-2-4-8-13/h2-10,16-17H,11-12H2,1H3. The van der Waals surface area contributed by atoms with E-state index in [0.717, 1.165) is 11.1 Å². The summed E-state index contributed by atoms with van der Waals surface area (Å²) in [6.45, 7) is 0.991. The van der Waals surface area contributed by atoms with E-state index in [9.17, 15) is 5.11 Å². The molecule has 2 aromatic carbocycles. The third-order valence-electron chi connectivity index (χ3n) is 2.87. The molecule has 3 nitrogen and oxygen atoms in total. The van der Waals surface area contributed by atoms with Gasteiger partial charge in [-0.25, -0.2) is 0 Å². The topological polar surface area (TPSA) is 38.7 Å². The maximum absolute atomic E-state index is 10.4. The molecule has 0 aromatic heterocycles. The fourth-order valence-corrected chi connectivity index (χ4v) is 1.89. The molecule has 0 aliphatic rings. The van der Waals surface area contributed by atoms with Gasteiger partial charge in [0.15, 0.2) is 0 Å². The van der Waals surface area contributed by atoms with E-state index in [-0.39, 0.29) is 0 Å². The Hall–Kier alpha value is -1.84. The first-order valence-corrected chi connectivity index (χ1v) is 6.26. The highest BCUT2D eigenvalue weighted by molar-refractivity contribution is 5.40. The molecular formula is C16H18O3. The number of rotatable bonds is 6. The Morgan fingerprint density at radius 2 is 1.63 bits per heavy atom. The lowest BCUT2D eigenvalue weighted by atomic mass is 10.0. The molecule has 3 heteroatoms. The normalized spacial score (nSPS) is 12.1. The van der Waals surface area contributed by atoms with Crippen LogP contribution in [0.15, 0.2) is 54.6 Å². The molecule has 0 radical (unpaired) electrons. The summed E-state index contributed by atoms with van der Waals surface area (Å²) in [5.74, 6) is 0.691. The Balaban J connectivity index is 2.19. The molecule has 0 saturated heterocycles. The molecule has 0 aliphatic heterocycles. The van der Waals surface area contributed by atoms with Crippen LogP contribution in [0.3, 0.4) is 0 Å². The molecule has 0 spiro atoms. The second-order valence-electron chi connectivity index (χ2n) is 4.19. The number of methoxy groups -OCH3 is 1. The zero-order chi connectivity index (χ0) is 13.5. The highest BCUT2D eigenvalue weighted by atomic mass is 16.5. The minimum atomic E-state index is -0.681. The van der Waals surface area contributed by atoms with Crippen molar-refractivity contribution in [1.29, 1.82) is 0 Å². The predicted molar refractivity (Wildman–Crippen MR) is 74.3 cm³/mol. The molecule has 0 saturated carbocycles. The number of para-hydroxylation sites is 1. The molecule has 1 N–H and O–H groups in total. The molecule has 2 aromatic rings. The van der Waals surface area contributed by atoms with E-state index < -0.39 is 6.10 Å². The Labute approximate surface area is 113 Å². The van der Waals surface area contributed by atoms with Gasteiger partial charge in [-0.15, -0.1) is 0 Å². The molecule has 1 atom stereocenters. The van der Waals surface area contributed by atoms with Gasteiger partial charge in [0.05, 0.1) is 6.61 Å². The lowest BCUT2D eigenvalue weighted by molar-refractivity contribution is 0.142. The summed E-state index contributed by atoms with van der Waals surface area (Å²) < 4.78 is 10.6. The Bertz CT molecular complexity index is 496. The second kappa shape index (κ2) is 6.92. The zero-order valence-corrected chi connectivity index (χ0v) is 11.0. The van der Waals surface area contributed by atoms with Crippen LogP contribution < -0.4 is 4.74 Å². The van der Waals surface area contributed by atoms with Crippen molar-refractivity contribution in [1.82, 2.24) is 0 Å². The van der Waals surface area contributed by atoms with E-state index in [1.165, 1.54) is 0 Å². The lowest BCUT2D eigenvalue weighted by Gasteiger charge is -2.16. The van der Waals surface area contributed by atoms with Crippen LogP contribution >= 0.6 is 0 Å². The zero-order valence-electron chi connectivity index (χ0n) is 11.0. The molecule has 0 heterocycles. The van der Waals surface area contributed by atoms with Crippen LogP contribution in [0.1, 0.15) is 17.2 Å². The SMILES string of the molecule is COCCOc1ccccc1C(O)c1ccccc1. The molecular weight excluding hydrogens is 240 g/mol. The van der Waals surface area contributed by atoms with Crippen LogP contribution in [-0.4, -0.2) is 25.4 Å². The van der Waals surface area contributed by atoms with Crippen LogP contribution in [0.5, 0.6) is 5.75 Å². The van der Waals surface area contributed by atoms with Crippen LogP contribution in [-0.2, 0) is 4.74 Å². The van der Waals surface area contributed by atoms with Crippen molar-refractivity contribution in [3.8, 4) is 5.75 Å². The Kier molecular flexibility index (Phi) is 4.95. The van der Waals surface area contributed by atoms with E-state index in [1.807, 2.05) is 54.6 Å². The van der Waals surface area contributed by atoms with Crippen molar-refractivity contribution in [2.45, 2.75) is 6.10 Å². The summed E-state index contributed by atoms with van der Waals surface area (Å²) in [5, 5.41) is 10.4. The average Bonchev–Trinajstić information content (AvgIpc) is 2.48. The third-order valence-corrected chi connectivity index (χ3v) is 2.87. The van der Waals surface area contributed by atoms with Crippen molar-refractivity contribution in [3.63, 3.8) is 0 Å². The van der Waals surface area contributed by atoms with E-state index in [0.29, 0.717) is 19.0 Å². The second-order valence-corrected chi connectivity index (χ2v) is 4.19. The van der Waals surface area contributed by atoms with Gasteiger partial charge in [-0.05, 0) is 11.6 Å². The number of aliphatic hydroxyl groups excluding tert-OH is 1. The molecule has 19 heavy (non-hydrogen) atoms. The minimum Gasteiger partial charge on any atom is -0.491 e. The summed E-state index contributed by atoms with van der Waals surface area (Å²) in [5.41, 5.74) is 1.62. The van der Waals surface area contributed by atoms with Gasteiger partial charge in [-0.2, -0.15) is 0 Å². The summed E-state index contributed by atoms with van der Waals surface area (Å²) in [6.07, 6.45) is -0.681. The van der Waals surface area contributed by atoms with Gasteiger partial charge in [-0.3, -0.25) is 0 Å². The molecule has 0 fully saturated rings. The van der Waals surface area contributed by atoms with Gasteiger partial charge in [-0.1, -0.05) is 48.5 Å². The first-order valence-electron chi connectivity index (χ1n) is 6.26. The number of hydrogen-bond acceptors (Lipinski definition) is 3. The van der Waals surface area contributed by atoms with Gasteiger partial charge in [0, 0.05) is 12.7 Å². The Morgan fingerprint density at radius 3 is 2.37 bits per heavy atom. The van der Waals surface area contributed by atoms with E-state index in [2.05, 4.69) is 0 Å². The number of ether oxygens (including phenoxy) is 2. The molecule has 2 rings (SSSR count). The van der Waals surface area contributed by atoms with Crippen molar-refractivity contribution < 1.29 is 14.6 Å². The van der Waals surface area contributed by atoms with Crippen molar-refractivity contribution in [3.05, 3.63) is 65.7 Å². The summed E-state index contributed by atoms with van der Waals surface area (Å²) in [7, 11) is 1.63. The minimum absolute atomic E-state index is 0.467. The van der Waals surface area contributed by atoms with Crippen LogP contribution in [0, 0.1) is 0 Å². The van der Waals surface area contributed by atoms with E-state index in [4.69, 9.17) is 9.47 Å². The monoisotopic (exact) mass is 258 g/mol. The predicted octanol–water partition coefficient (Wildman–Crippen LogP) is 2.79. The van der Waals surface area contributed by atoms with Crippen LogP contribution in [0.4, 0.5) is 0 Å². The van der Waals surface area contributed by atoms with Crippen molar-refractivity contribution in [2.75, 3.05) is 20.3 Å². The molecule has 0 amide bonds. The van der Waals surface area contributed by atoms with Crippen LogP contribution in [0.25, 0.3) is 0 Å². The van der Waals surface area contributed by atoms with E-state index in [1.54, 1.807) is 7.11 Å². The van der Waals surface area contributed by atoms with Gasteiger partial charge in [0.1, 0.15) is 18.5 Å². The quantitative estimate of drug-likeness (QED) is 0.810. The summed E-state index contributed by atoms with van der Waals surface area (Å²) in [6, 6.07) is 17.1. The first-order chi connectivity index (χ1) is 9.33. The largest absolute Gasteiger partial charge is 0.491 e. The summed E-state index contributed by atoms with van der Waals surface area (Å²) in [4.78, 5) is 0. The highest BCUT2D eigenvalue weighted by Gasteiger charge is 2.14. The first kappa shape index (κ1) is 13.6. The van der Waals surface area contributed by atoms with E-state index >= 15 is 0 Å². The lowest BCUT2D eigenvalue weighted by Crippen LogP contribution is -2.08. The van der Waals surface area contributed by atoms with Gasteiger partial charge in [0.25, 0.3) is 0 Å². The number of aliphatic hydroxyl groups is 1. The Morgan fingerprint density at radius 1 is 0.947 bits per heavy atom. The van der Waals surface area contributed by atoms with Gasteiger partial charge in [0.2, 0.25) is 0 Å². The molecule has 0 aliphatic carbocycles.